The molecule has 0 aromatic rings. The van der Waals surface area contributed by atoms with Gasteiger partial charge >= 0.3 is 0 Å². The average molecular weight is 721 g/mol. The Bertz CT molecular complexity index is 1060. The zero-order valence-electron chi connectivity index (χ0n) is 37.6. The summed E-state index contributed by atoms with van der Waals surface area (Å²) in [5, 5.41) is 0. The lowest BCUT2D eigenvalue weighted by molar-refractivity contribution is 0.00796. The van der Waals surface area contributed by atoms with Gasteiger partial charge in [-0.25, -0.2) is 0 Å². The Morgan fingerprint density at radius 1 is 0.333 bits per heavy atom. The maximum Gasteiger partial charge on any atom is 0.0546 e. The Morgan fingerprint density at radius 2 is 0.608 bits per heavy atom. The third-order valence-corrected chi connectivity index (χ3v) is 24.7. The van der Waals surface area contributed by atoms with Crippen molar-refractivity contribution in [2.75, 3.05) is 0 Å². The number of hydrogen-bond acceptors (Lipinski definition) is 0. The van der Waals surface area contributed by atoms with Crippen LogP contribution in [0.5, 0.6) is 0 Å². The topological polar surface area (TPSA) is 0 Å². The fourth-order valence-corrected chi connectivity index (χ4v) is 23.1. The molecular formula is C50H92Si. The predicted molar refractivity (Wildman–Crippen MR) is 228 cm³/mol. The van der Waals surface area contributed by atoms with Gasteiger partial charge in [-0.3, -0.25) is 0 Å². The summed E-state index contributed by atoms with van der Waals surface area (Å²) >= 11 is 0. The first-order valence-corrected chi connectivity index (χ1v) is 26.5. The van der Waals surface area contributed by atoms with Crippen LogP contribution in [0.15, 0.2) is 0 Å². The minimum absolute atomic E-state index is 0.447. The Morgan fingerprint density at radius 3 is 0.882 bits per heavy atom. The summed E-state index contributed by atoms with van der Waals surface area (Å²) in [5.74, 6) is 13.7. The summed E-state index contributed by atoms with van der Waals surface area (Å²) in [6.07, 6.45) is 21.5. The van der Waals surface area contributed by atoms with E-state index in [0.717, 1.165) is 93.9 Å². The minimum Gasteiger partial charge on any atom is -0.0689 e. The Balaban J connectivity index is 1.27. The van der Waals surface area contributed by atoms with Crippen LogP contribution in [0.1, 0.15) is 187 Å². The average Bonchev–Trinajstić information content (AvgIpc) is 3.54. The summed E-state index contributed by atoms with van der Waals surface area (Å²) < 4.78 is 0. The van der Waals surface area contributed by atoms with E-state index in [1.807, 2.05) is 0 Å². The Labute approximate surface area is 322 Å². The highest BCUT2D eigenvalue weighted by Crippen LogP contribution is 2.69. The number of fused-ring (bicyclic) bond motifs is 2. The summed E-state index contributed by atoms with van der Waals surface area (Å²) in [7, 11) is -1.59. The van der Waals surface area contributed by atoms with Gasteiger partial charge < -0.3 is 0 Å². The lowest BCUT2D eigenvalue weighted by Crippen LogP contribution is -2.50. The minimum atomic E-state index is -1.59. The van der Waals surface area contributed by atoms with E-state index < -0.39 is 8.07 Å². The van der Waals surface area contributed by atoms with Crippen molar-refractivity contribution in [2.24, 2.45) is 105 Å². The van der Waals surface area contributed by atoms with E-state index >= 15 is 0 Å². The van der Waals surface area contributed by atoms with Crippen LogP contribution in [0.4, 0.5) is 0 Å². The SMILES string of the molecule is CC1CC2C(C3CCC(C(C)(C)C)CC3)CC(C(C)(C)C)CC2C1[Si](C)(C)C1C(C)CC2C(C3CCC(C(C)(C)C)CC3)CC(C(C)(C)C)CC21. The lowest BCUT2D eigenvalue weighted by atomic mass is 9.56. The fraction of sp³-hybridized carbons (Fsp3) is 1.00. The molecule has 6 saturated carbocycles. The van der Waals surface area contributed by atoms with E-state index in [9.17, 15) is 0 Å². The van der Waals surface area contributed by atoms with Crippen molar-refractivity contribution in [1.29, 1.82) is 0 Å². The first-order valence-electron chi connectivity index (χ1n) is 23.4. The summed E-state index contributed by atoms with van der Waals surface area (Å²) in [5.41, 5.74) is 3.96. The second-order valence-electron chi connectivity index (χ2n) is 26.3. The van der Waals surface area contributed by atoms with E-state index in [-0.39, 0.29) is 0 Å². The quantitative estimate of drug-likeness (QED) is 0.254. The normalized spacial score (nSPS) is 46.1. The van der Waals surface area contributed by atoms with Crippen molar-refractivity contribution in [1.82, 2.24) is 0 Å². The summed E-state index contributed by atoms with van der Waals surface area (Å²) in [6.45, 7) is 42.4. The van der Waals surface area contributed by atoms with Gasteiger partial charge in [-0.05, 0) is 205 Å². The molecule has 6 fully saturated rings. The van der Waals surface area contributed by atoms with E-state index in [4.69, 9.17) is 0 Å². The lowest BCUT2D eigenvalue weighted by Gasteiger charge is -2.54. The van der Waals surface area contributed by atoms with Gasteiger partial charge in [0.15, 0.2) is 0 Å². The van der Waals surface area contributed by atoms with Crippen LogP contribution in [0, 0.1) is 105 Å². The third kappa shape index (κ3) is 8.08. The van der Waals surface area contributed by atoms with E-state index in [1.54, 1.807) is 38.5 Å². The molecule has 12 atom stereocenters. The largest absolute Gasteiger partial charge is 0.0689 e. The zero-order valence-corrected chi connectivity index (χ0v) is 38.6. The van der Waals surface area contributed by atoms with Crippen molar-refractivity contribution in [3.05, 3.63) is 0 Å². The standard InChI is InChI=1S/C50H92Si/c1-31-25-41-39(33-17-21-35(22-18-33)47(3,4)5)27-37(49(9,10)11)29-43(41)45(31)51(15,16)46-32(2)26-42-40(28-38(30-44(42)46)50(12,13)14)34-19-23-36(24-20-34)48(6,7)8/h31-46H,17-30H2,1-16H3. The molecule has 51 heavy (non-hydrogen) atoms. The number of rotatable bonds is 4. The van der Waals surface area contributed by atoms with Crippen molar-refractivity contribution >= 4 is 8.07 Å². The Kier molecular flexibility index (Phi) is 11.5. The molecule has 0 saturated heterocycles. The smallest absolute Gasteiger partial charge is 0.0546 e. The maximum absolute atomic E-state index is 3.01. The summed E-state index contributed by atoms with van der Waals surface area (Å²) in [4.78, 5) is 0. The van der Waals surface area contributed by atoms with Crippen LogP contribution in [0.2, 0.25) is 24.2 Å². The van der Waals surface area contributed by atoms with Crippen LogP contribution < -0.4 is 0 Å². The van der Waals surface area contributed by atoms with Crippen LogP contribution in [0.3, 0.4) is 0 Å². The Hall–Kier alpha value is 0.217. The molecule has 6 aliphatic rings. The van der Waals surface area contributed by atoms with Gasteiger partial charge in [0.2, 0.25) is 0 Å². The molecule has 6 aliphatic carbocycles. The van der Waals surface area contributed by atoms with Crippen LogP contribution in [-0.4, -0.2) is 8.07 Å². The molecule has 1 heteroatoms. The first kappa shape index (κ1) is 40.9. The first-order chi connectivity index (χ1) is 23.4. The fourth-order valence-electron chi connectivity index (χ4n) is 16.5. The molecule has 0 aromatic heterocycles. The predicted octanol–water partition coefficient (Wildman–Crippen LogP) is 15.8. The second-order valence-corrected chi connectivity index (χ2v) is 31.3. The molecule has 0 bridgehead atoms. The van der Waals surface area contributed by atoms with Gasteiger partial charge in [0.1, 0.15) is 0 Å². The molecule has 0 radical (unpaired) electrons. The molecular weight excluding hydrogens is 629 g/mol. The van der Waals surface area contributed by atoms with Gasteiger partial charge in [-0.2, -0.15) is 0 Å². The van der Waals surface area contributed by atoms with Crippen molar-refractivity contribution in [3.63, 3.8) is 0 Å². The molecule has 0 aromatic carbocycles. The molecule has 12 unspecified atom stereocenters. The van der Waals surface area contributed by atoms with Gasteiger partial charge in [-0.1, -0.05) is 110 Å². The van der Waals surface area contributed by atoms with Gasteiger partial charge in [0.25, 0.3) is 0 Å². The molecule has 0 aliphatic heterocycles. The molecule has 0 nitrogen and oxygen atoms in total. The molecule has 6 rings (SSSR count). The molecule has 0 amide bonds. The zero-order chi connectivity index (χ0) is 37.6. The van der Waals surface area contributed by atoms with Crippen LogP contribution in [0.25, 0.3) is 0 Å². The molecule has 0 N–H and O–H groups in total. The van der Waals surface area contributed by atoms with Crippen molar-refractivity contribution < 1.29 is 0 Å². The van der Waals surface area contributed by atoms with E-state index in [1.165, 1.54) is 51.4 Å². The van der Waals surface area contributed by atoms with Gasteiger partial charge in [0, 0.05) is 0 Å². The van der Waals surface area contributed by atoms with Gasteiger partial charge in [-0.15, -0.1) is 0 Å². The highest BCUT2D eigenvalue weighted by molar-refractivity contribution is 6.80. The third-order valence-electron chi connectivity index (χ3n) is 19.2. The molecule has 296 valence electrons. The highest BCUT2D eigenvalue weighted by atomic mass is 28.3. The van der Waals surface area contributed by atoms with Crippen molar-refractivity contribution in [3.8, 4) is 0 Å². The van der Waals surface area contributed by atoms with E-state index in [2.05, 4.69) is 110 Å². The molecule has 0 spiro atoms. The summed E-state index contributed by atoms with van der Waals surface area (Å²) in [6, 6.07) is 0. The van der Waals surface area contributed by atoms with Crippen molar-refractivity contribution in [2.45, 2.75) is 211 Å². The number of hydrogen-bond donors (Lipinski definition) is 0. The van der Waals surface area contributed by atoms with Gasteiger partial charge in [0.05, 0.1) is 8.07 Å². The monoisotopic (exact) mass is 721 g/mol. The van der Waals surface area contributed by atoms with E-state index in [0.29, 0.717) is 21.7 Å². The molecule has 0 heterocycles. The highest BCUT2D eigenvalue weighted by Gasteiger charge is 2.62. The maximum atomic E-state index is 3.01. The van der Waals surface area contributed by atoms with Crippen LogP contribution >= 0.6 is 0 Å². The van der Waals surface area contributed by atoms with Crippen LogP contribution in [-0.2, 0) is 0 Å². The second kappa shape index (κ2) is 14.3.